The first-order chi connectivity index (χ1) is 12.3. The summed E-state index contributed by atoms with van der Waals surface area (Å²) in [5.74, 6) is 1.10. The first-order valence-electron chi connectivity index (χ1n) is 8.56. The number of nitrogens with zero attached hydrogens (tertiary/aromatic N) is 1. The SMILES string of the molecule is O=C(C[NH+](Cc1ccco1)Cc1cccs1)N1CCc2ccccc21. The van der Waals surface area contributed by atoms with E-state index in [-0.39, 0.29) is 5.91 Å². The molecule has 2 aromatic heterocycles. The van der Waals surface area contributed by atoms with Crippen LogP contribution >= 0.6 is 11.3 Å². The molecule has 4 rings (SSSR count). The molecule has 1 amide bonds. The highest BCUT2D eigenvalue weighted by molar-refractivity contribution is 7.09. The van der Waals surface area contributed by atoms with Crippen molar-refractivity contribution in [3.8, 4) is 0 Å². The second kappa shape index (κ2) is 7.25. The number of fused-ring (bicyclic) bond motifs is 1. The molecule has 3 aromatic rings. The summed E-state index contributed by atoms with van der Waals surface area (Å²) in [6.45, 7) is 2.80. The summed E-state index contributed by atoms with van der Waals surface area (Å²) in [6.07, 6.45) is 2.64. The number of carbonyl (C=O) groups excluding carboxylic acids is 1. The molecule has 0 fully saturated rings. The van der Waals surface area contributed by atoms with Crippen molar-refractivity contribution in [3.05, 3.63) is 76.4 Å². The van der Waals surface area contributed by atoms with Gasteiger partial charge in [0.15, 0.2) is 12.3 Å². The van der Waals surface area contributed by atoms with Gasteiger partial charge in [0.2, 0.25) is 0 Å². The minimum absolute atomic E-state index is 0.183. The van der Waals surface area contributed by atoms with Crippen LogP contribution in [0.25, 0.3) is 0 Å². The molecule has 1 unspecified atom stereocenters. The number of furan rings is 1. The fourth-order valence-electron chi connectivity index (χ4n) is 3.41. The Balaban J connectivity index is 1.49. The van der Waals surface area contributed by atoms with Crippen molar-refractivity contribution in [2.45, 2.75) is 19.5 Å². The van der Waals surface area contributed by atoms with Crippen LogP contribution in [-0.4, -0.2) is 19.0 Å². The highest BCUT2D eigenvalue weighted by atomic mass is 32.1. The highest BCUT2D eigenvalue weighted by Crippen LogP contribution is 2.27. The highest BCUT2D eigenvalue weighted by Gasteiger charge is 2.27. The zero-order valence-electron chi connectivity index (χ0n) is 14.0. The van der Waals surface area contributed by atoms with Gasteiger partial charge in [0.1, 0.15) is 13.1 Å². The molecule has 25 heavy (non-hydrogen) atoms. The third-order valence-corrected chi connectivity index (χ3v) is 5.47. The van der Waals surface area contributed by atoms with E-state index < -0.39 is 0 Å². The van der Waals surface area contributed by atoms with Gasteiger partial charge in [-0.1, -0.05) is 24.3 Å². The zero-order valence-corrected chi connectivity index (χ0v) is 14.8. The van der Waals surface area contributed by atoms with E-state index in [1.54, 1.807) is 17.6 Å². The van der Waals surface area contributed by atoms with Gasteiger partial charge in [0.05, 0.1) is 11.1 Å². The summed E-state index contributed by atoms with van der Waals surface area (Å²) in [7, 11) is 0. The molecule has 1 aromatic carbocycles. The van der Waals surface area contributed by atoms with Gasteiger partial charge >= 0.3 is 0 Å². The average Bonchev–Trinajstić information content (AvgIpc) is 3.36. The number of thiophene rings is 1. The fraction of sp³-hybridized carbons (Fsp3) is 0.250. The number of hydrogen-bond acceptors (Lipinski definition) is 3. The minimum Gasteiger partial charge on any atom is -0.463 e. The third kappa shape index (κ3) is 3.67. The van der Waals surface area contributed by atoms with Crippen LogP contribution in [-0.2, 0) is 24.3 Å². The lowest BCUT2D eigenvalue weighted by atomic mass is 10.2. The second-order valence-electron chi connectivity index (χ2n) is 6.36. The van der Waals surface area contributed by atoms with Gasteiger partial charge < -0.3 is 14.2 Å². The molecule has 3 heterocycles. The molecule has 1 N–H and O–H groups in total. The van der Waals surface area contributed by atoms with Gasteiger partial charge in [-0.3, -0.25) is 4.79 Å². The quantitative estimate of drug-likeness (QED) is 0.739. The molecule has 128 valence electrons. The molecule has 0 aliphatic carbocycles. The second-order valence-corrected chi connectivity index (χ2v) is 7.40. The number of nitrogens with one attached hydrogen (secondary N) is 1. The number of amides is 1. The number of carbonyl (C=O) groups is 1. The predicted octanol–water partition coefficient (Wildman–Crippen LogP) is 2.52. The molecule has 0 radical (unpaired) electrons. The predicted molar refractivity (Wildman–Crippen MR) is 98.8 cm³/mol. The number of para-hydroxylation sites is 1. The van der Waals surface area contributed by atoms with E-state index in [1.807, 2.05) is 35.2 Å². The number of hydrogen-bond donors (Lipinski definition) is 1. The molecule has 4 nitrogen and oxygen atoms in total. The summed E-state index contributed by atoms with van der Waals surface area (Å²) >= 11 is 1.74. The van der Waals surface area contributed by atoms with Crippen LogP contribution < -0.4 is 9.80 Å². The van der Waals surface area contributed by atoms with E-state index in [0.717, 1.165) is 31.0 Å². The Bertz CT molecular complexity index is 791. The lowest BCUT2D eigenvalue weighted by Crippen LogP contribution is -3.10. The number of quaternary nitrogens is 1. The molecule has 0 spiro atoms. The van der Waals surface area contributed by atoms with Crippen molar-refractivity contribution < 1.29 is 14.1 Å². The fourth-order valence-corrected chi connectivity index (χ4v) is 4.19. The summed E-state index contributed by atoms with van der Waals surface area (Å²) in [5.41, 5.74) is 2.34. The van der Waals surface area contributed by atoms with Gasteiger partial charge in [-0.05, 0) is 41.6 Å². The van der Waals surface area contributed by atoms with Gasteiger partial charge in [-0.25, -0.2) is 0 Å². The van der Waals surface area contributed by atoms with Gasteiger partial charge in [0, 0.05) is 12.2 Å². The molecule has 0 saturated carbocycles. The molecular formula is C20H21N2O2S+. The van der Waals surface area contributed by atoms with E-state index in [1.165, 1.54) is 15.3 Å². The average molecular weight is 353 g/mol. The summed E-state index contributed by atoms with van der Waals surface area (Å²) < 4.78 is 5.50. The lowest BCUT2D eigenvalue weighted by molar-refractivity contribution is -0.920. The number of benzene rings is 1. The Morgan fingerprint density at radius 2 is 2.04 bits per heavy atom. The third-order valence-electron chi connectivity index (χ3n) is 4.60. The summed E-state index contributed by atoms with van der Waals surface area (Å²) in [5, 5.41) is 2.08. The molecule has 0 saturated heterocycles. The Kier molecular flexibility index (Phi) is 4.68. The number of anilines is 1. The standard InChI is InChI=1S/C20H20N2O2S/c23-20(22-10-9-16-5-1-2-8-19(16)22)15-21(13-17-6-3-11-24-17)14-18-7-4-12-25-18/h1-8,11-12H,9-10,13-15H2/p+1. The lowest BCUT2D eigenvalue weighted by Gasteiger charge is -2.22. The van der Waals surface area contributed by atoms with E-state index in [9.17, 15) is 4.79 Å². The topological polar surface area (TPSA) is 37.9 Å². The smallest absolute Gasteiger partial charge is 0.282 e. The van der Waals surface area contributed by atoms with Crippen LogP contribution in [0.1, 0.15) is 16.2 Å². The maximum absolute atomic E-state index is 13.0. The van der Waals surface area contributed by atoms with E-state index >= 15 is 0 Å². The Morgan fingerprint density at radius 1 is 1.12 bits per heavy atom. The van der Waals surface area contributed by atoms with Crippen LogP contribution in [0.5, 0.6) is 0 Å². The Morgan fingerprint density at radius 3 is 2.84 bits per heavy atom. The number of rotatable bonds is 6. The van der Waals surface area contributed by atoms with E-state index in [2.05, 4.69) is 23.6 Å². The molecule has 0 bridgehead atoms. The van der Waals surface area contributed by atoms with Crippen LogP contribution in [0, 0.1) is 0 Å². The molecule has 5 heteroatoms. The Hall–Kier alpha value is -2.37. The van der Waals surface area contributed by atoms with Crippen molar-refractivity contribution in [2.75, 3.05) is 18.0 Å². The maximum Gasteiger partial charge on any atom is 0.282 e. The maximum atomic E-state index is 13.0. The molecule has 1 aliphatic rings. The van der Waals surface area contributed by atoms with Crippen molar-refractivity contribution in [1.82, 2.24) is 0 Å². The van der Waals surface area contributed by atoms with Gasteiger partial charge in [-0.15, -0.1) is 11.3 Å². The van der Waals surface area contributed by atoms with E-state index in [4.69, 9.17) is 4.42 Å². The first kappa shape index (κ1) is 16.1. The monoisotopic (exact) mass is 353 g/mol. The van der Waals surface area contributed by atoms with Crippen LogP contribution in [0.2, 0.25) is 0 Å². The summed E-state index contributed by atoms with van der Waals surface area (Å²) in [6, 6.07) is 16.3. The van der Waals surface area contributed by atoms with Crippen molar-refractivity contribution in [3.63, 3.8) is 0 Å². The van der Waals surface area contributed by atoms with Crippen molar-refractivity contribution in [2.24, 2.45) is 0 Å². The minimum atomic E-state index is 0.183. The largest absolute Gasteiger partial charge is 0.463 e. The van der Waals surface area contributed by atoms with Gasteiger partial charge in [-0.2, -0.15) is 0 Å². The van der Waals surface area contributed by atoms with Crippen LogP contribution in [0.15, 0.2) is 64.6 Å². The molecular weight excluding hydrogens is 332 g/mol. The normalized spacial score (nSPS) is 14.5. The van der Waals surface area contributed by atoms with Gasteiger partial charge in [0.25, 0.3) is 5.91 Å². The molecule has 1 atom stereocenters. The van der Waals surface area contributed by atoms with Crippen LogP contribution in [0.4, 0.5) is 5.69 Å². The van der Waals surface area contributed by atoms with Crippen LogP contribution in [0.3, 0.4) is 0 Å². The van der Waals surface area contributed by atoms with Crippen molar-refractivity contribution >= 4 is 22.9 Å². The molecule has 1 aliphatic heterocycles. The van der Waals surface area contributed by atoms with E-state index in [0.29, 0.717) is 13.1 Å². The zero-order chi connectivity index (χ0) is 17.1. The first-order valence-corrected chi connectivity index (χ1v) is 9.44. The summed E-state index contributed by atoms with van der Waals surface area (Å²) in [4.78, 5) is 17.4. The van der Waals surface area contributed by atoms with Crippen molar-refractivity contribution in [1.29, 1.82) is 0 Å². The Labute approximate surface area is 151 Å².